The number of rotatable bonds is 5. The first-order valence-electron chi connectivity index (χ1n) is 6.36. The van der Waals surface area contributed by atoms with Crippen LogP contribution in [0.1, 0.15) is 52.4 Å². The molecule has 0 spiro atoms. The molecule has 0 aromatic rings. The van der Waals surface area contributed by atoms with Gasteiger partial charge in [0.2, 0.25) is 0 Å². The Hall–Kier alpha value is -0.770. The zero-order valence-electron chi connectivity index (χ0n) is 10.4. The minimum absolute atomic E-state index is 0.271. The zero-order valence-corrected chi connectivity index (χ0v) is 10.4. The van der Waals surface area contributed by atoms with Crippen LogP contribution in [0.3, 0.4) is 0 Å². The minimum atomic E-state index is 0.271. The van der Waals surface area contributed by atoms with Crippen LogP contribution in [0.2, 0.25) is 0 Å². The summed E-state index contributed by atoms with van der Waals surface area (Å²) in [7, 11) is 0. The smallest absolute Gasteiger partial charge is 0.140 e. The van der Waals surface area contributed by atoms with Gasteiger partial charge in [0.25, 0.3) is 0 Å². The lowest BCUT2D eigenvalue weighted by atomic mass is 9.84. The van der Waals surface area contributed by atoms with E-state index in [1.165, 1.54) is 32.1 Å². The zero-order chi connectivity index (χ0) is 12.0. The highest BCUT2D eigenvalue weighted by Gasteiger charge is 2.21. The minimum Gasteiger partial charge on any atom is -0.409 e. The molecule has 4 heteroatoms. The molecule has 1 saturated carbocycles. The third kappa shape index (κ3) is 4.39. The maximum Gasteiger partial charge on any atom is 0.140 e. The van der Waals surface area contributed by atoms with Crippen LogP contribution in [0.5, 0.6) is 0 Å². The van der Waals surface area contributed by atoms with Gasteiger partial charge in [-0.1, -0.05) is 24.4 Å². The Kier molecular flexibility index (Phi) is 5.60. The van der Waals surface area contributed by atoms with Crippen LogP contribution in [-0.4, -0.2) is 23.1 Å². The van der Waals surface area contributed by atoms with E-state index in [2.05, 4.69) is 24.3 Å². The van der Waals surface area contributed by atoms with Gasteiger partial charge in [-0.3, -0.25) is 0 Å². The van der Waals surface area contributed by atoms with Gasteiger partial charge in [-0.2, -0.15) is 0 Å². The summed E-state index contributed by atoms with van der Waals surface area (Å²) in [6.45, 7) is 4.33. The number of hydrogen-bond donors (Lipinski definition) is 3. The molecule has 1 aliphatic carbocycles. The molecule has 0 aliphatic heterocycles. The van der Waals surface area contributed by atoms with Crippen molar-refractivity contribution in [3.05, 3.63) is 0 Å². The highest BCUT2D eigenvalue weighted by Crippen LogP contribution is 2.26. The Morgan fingerprint density at radius 1 is 1.38 bits per heavy atom. The summed E-state index contributed by atoms with van der Waals surface area (Å²) in [5, 5.41) is 15.0. The number of nitrogens with zero attached hydrogens (tertiary/aromatic N) is 1. The molecule has 4 nitrogen and oxygen atoms in total. The average molecular weight is 227 g/mol. The number of oxime groups is 1. The van der Waals surface area contributed by atoms with E-state index >= 15 is 0 Å². The summed E-state index contributed by atoms with van der Waals surface area (Å²) in [6, 6.07) is 0.801. The van der Waals surface area contributed by atoms with Crippen LogP contribution < -0.4 is 11.1 Å². The van der Waals surface area contributed by atoms with Crippen LogP contribution in [0.4, 0.5) is 0 Å². The van der Waals surface area contributed by atoms with E-state index in [0.717, 1.165) is 5.92 Å². The summed E-state index contributed by atoms with van der Waals surface area (Å²) in [5.74, 6) is 1.10. The van der Waals surface area contributed by atoms with Crippen molar-refractivity contribution >= 4 is 5.84 Å². The lowest BCUT2D eigenvalue weighted by Gasteiger charge is -2.30. The third-order valence-electron chi connectivity index (χ3n) is 3.55. The number of nitrogens with one attached hydrogen (secondary N) is 1. The van der Waals surface area contributed by atoms with Gasteiger partial charge in [0.15, 0.2) is 0 Å². The van der Waals surface area contributed by atoms with Gasteiger partial charge in [0, 0.05) is 18.5 Å². The maximum atomic E-state index is 8.50. The molecule has 1 unspecified atom stereocenters. The van der Waals surface area contributed by atoms with Gasteiger partial charge in [-0.25, -0.2) is 0 Å². The second-order valence-corrected chi connectivity index (χ2v) is 5.05. The molecule has 0 heterocycles. The van der Waals surface area contributed by atoms with Crippen LogP contribution in [0.25, 0.3) is 0 Å². The Balaban J connectivity index is 2.29. The first-order chi connectivity index (χ1) is 7.63. The average Bonchev–Trinajstić information content (AvgIpc) is 2.29. The molecule has 1 aliphatic rings. The van der Waals surface area contributed by atoms with Crippen molar-refractivity contribution in [3.8, 4) is 0 Å². The molecular weight excluding hydrogens is 202 g/mol. The van der Waals surface area contributed by atoms with E-state index in [4.69, 9.17) is 10.9 Å². The fraction of sp³-hybridized carbons (Fsp3) is 0.917. The van der Waals surface area contributed by atoms with Crippen LogP contribution >= 0.6 is 0 Å². The number of nitrogens with two attached hydrogens (primary N) is 1. The molecule has 0 saturated heterocycles. The standard InChI is InChI=1S/C12H25N3O/c1-9(8-12(13)15-16)14-10(2)11-6-4-3-5-7-11/h9-11,14,16H,3-8H2,1-2H3,(H2,13,15)/t9?,10-/m1/s1. The molecule has 0 bridgehead atoms. The molecular formula is C12H25N3O. The molecule has 0 aromatic heterocycles. The van der Waals surface area contributed by atoms with Gasteiger partial charge < -0.3 is 16.3 Å². The molecule has 94 valence electrons. The van der Waals surface area contributed by atoms with Gasteiger partial charge >= 0.3 is 0 Å². The molecule has 1 rings (SSSR count). The predicted molar refractivity (Wildman–Crippen MR) is 66.7 cm³/mol. The molecule has 2 atom stereocenters. The van der Waals surface area contributed by atoms with Gasteiger partial charge in [0.05, 0.1) is 0 Å². The van der Waals surface area contributed by atoms with Crippen LogP contribution in [-0.2, 0) is 0 Å². The van der Waals surface area contributed by atoms with Gasteiger partial charge in [-0.15, -0.1) is 0 Å². The summed E-state index contributed by atoms with van der Waals surface area (Å²) >= 11 is 0. The largest absolute Gasteiger partial charge is 0.409 e. The van der Waals surface area contributed by atoms with E-state index in [1.54, 1.807) is 0 Å². The number of amidine groups is 1. The first-order valence-corrected chi connectivity index (χ1v) is 6.36. The molecule has 4 N–H and O–H groups in total. The van der Waals surface area contributed by atoms with Crippen molar-refractivity contribution in [2.24, 2.45) is 16.8 Å². The first kappa shape index (κ1) is 13.3. The Morgan fingerprint density at radius 3 is 2.56 bits per heavy atom. The summed E-state index contributed by atoms with van der Waals surface area (Å²) in [5.41, 5.74) is 5.49. The SMILES string of the molecule is CC(CC(N)=NO)N[C@H](C)C1CCCCC1. The summed E-state index contributed by atoms with van der Waals surface area (Å²) in [6.07, 6.45) is 7.40. The predicted octanol–water partition coefficient (Wildman–Crippen LogP) is 2.07. The number of hydrogen-bond acceptors (Lipinski definition) is 3. The Bertz CT molecular complexity index is 224. The van der Waals surface area contributed by atoms with Crippen molar-refractivity contribution in [3.63, 3.8) is 0 Å². The summed E-state index contributed by atoms with van der Waals surface area (Å²) < 4.78 is 0. The Labute approximate surface area is 98.3 Å². The quantitative estimate of drug-likeness (QED) is 0.291. The highest BCUT2D eigenvalue weighted by molar-refractivity contribution is 5.80. The normalized spacial score (nSPS) is 23.0. The highest BCUT2D eigenvalue weighted by atomic mass is 16.4. The topological polar surface area (TPSA) is 70.6 Å². The lowest BCUT2D eigenvalue weighted by Crippen LogP contribution is -2.41. The second kappa shape index (κ2) is 6.74. The molecule has 0 aromatic carbocycles. The fourth-order valence-corrected chi connectivity index (χ4v) is 2.63. The third-order valence-corrected chi connectivity index (χ3v) is 3.55. The molecule has 0 radical (unpaired) electrons. The van der Waals surface area contributed by atoms with Crippen molar-refractivity contribution < 1.29 is 5.21 Å². The Morgan fingerprint density at radius 2 is 2.00 bits per heavy atom. The fourth-order valence-electron chi connectivity index (χ4n) is 2.63. The van der Waals surface area contributed by atoms with Crippen LogP contribution in [0, 0.1) is 5.92 Å². The molecule has 1 fully saturated rings. The van der Waals surface area contributed by atoms with E-state index in [-0.39, 0.29) is 6.04 Å². The molecule has 16 heavy (non-hydrogen) atoms. The monoisotopic (exact) mass is 227 g/mol. The van der Waals surface area contributed by atoms with Gasteiger partial charge in [-0.05, 0) is 32.6 Å². The van der Waals surface area contributed by atoms with E-state index in [1.807, 2.05) is 0 Å². The second-order valence-electron chi connectivity index (χ2n) is 5.05. The summed E-state index contributed by atoms with van der Waals surface area (Å²) in [4.78, 5) is 0. The lowest BCUT2D eigenvalue weighted by molar-refractivity contribution is 0.267. The van der Waals surface area contributed by atoms with Gasteiger partial charge in [0.1, 0.15) is 5.84 Å². The molecule has 0 amide bonds. The van der Waals surface area contributed by atoms with E-state index < -0.39 is 0 Å². The van der Waals surface area contributed by atoms with Crippen molar-refractivity contribution in [2.75, 3.05) is 0 Å². The van der Waals surface area contributed by atoms with Crippen molar-refractivity contribution in [1.29, 1.82) is 0 Å². The van der Waals surface area contributed by atoms with E-state index in [0.29, 0.717) is 18.3 Å². The maximum absolute atomic E-state index is 8.50. The van der Waals surface area contributed by atoms with E-state index in [9.17, 15) is 0 Å². The van der Waals surface area contributed by atoms with Crippen molar-refractivity contribution in [2.45, 2.75) is 64.5 Å². The van der Waals surface area contributed by atoms with Crippen molar-refractivity contribution in [1.82, 2.24) is 5.32 Å². The van der Waals surface area contributed by atoms with Crippen LogP contribution in [0.15, 0.2) is 5.16 Å².